The fourth-order valence-corrected chi connectivity index (χ4v) is 2.61. The first-order valence-electron chi connectivity index (χ1n) is 6.90. The number of hydrogen-bond donors (Lipinski definition) is 1. The van der Waals surface area contributed by atoms with E-state index in [-0.39, 0.29) is 12.1 Å². The Kier molecular flexibility index (Phi) is 4.76. The second-order valence-corrected chi connectivity index (χ2v) is 5.49. The molecule has 7 nitrogen and oxygen atoms in total. The van der Waals surface area contributed by atoms with Crippen molar-refractivity contribution in [2.24, 2.45) is 11.8 Å². The van der Waals surface area contributed by atoms with Gasteiger partial charge in [0.2, 0.25) is 5.91 Å². The van der Waals surface area contributed by atoms with Crippen LogP contribution >= 0.6 is 0 Å². The number of nitrogens with zero attached hydrogens (tertiary/aromatic N) is 2. The van der Waals surface area contributed by atoms with Gasteiger partial charge in [0.1, 0.15) is 0 Å². The Morgan fingerprint density at radius 1 is 1.25 bits per heavy atom. The number of likely N-dealkylation sites (tertiary alicyclic amines) is 1. The molecule has 24 heavy (non-hydrogen) atoms. The average molecular weight is 346 g/mol. The molecule has 0 unspecified atom stereocenters. The van der Waals surface area contributed by atoms with Crippen molar-refractivity contribution in [3.8, 4) is 0 Å². The zero-order chi connectivity index (χ0) is 18.1. The molecular formula is C14H13F3N2O5. The summed E-state index contributed by atoms with van der Waals surface area (Å²) in [6.07, 6.45) is -4.96. The van der Waals surface area contributed by atoms with Crippen molar-refractivity contribution in [3.05, 3.63) is 39.9 Å². The van der Waals surface area contributed by atoms with Crippen LogP contribution in [0.2, 0.25) is 0 Å². The third-order valence-corrected chi connectivity index (χ3v) is 3.91. The van der Waals surface area contributed by atoms with Gasteiger partial charge in [0.15, 0.2) is 0 Å². The van der Waals surface area contributed by atoms with Gasteiger partial charge in [0.25, 0.3) is 5.69 Å². The molecule has 0 radical (unpaired) electrons. The van der Waals surface area contributed by atoms with Crippen LogP contribution in [0.5, 0.6) is 0 Å². The van der Waals surface area contributed by atoms with Gasteiger partial charge >= 0.3 is 12.1 Å². The molecule has 1 aromatic carbocycles. The van der Waals surface area contributed by atoms with E-state index in [0.717, 1.165) is 4.90 Å². The summed E-state index contributed by atoms with van der Waals surface area (Å²) in [4.78, 5) is 33.9. The van der Waals surface area contributed by atoms with Gasteiger partial charge in [-0.05, 0) is 5.56 Å². The van der Waals surface area contributed by atoms with Crippen LogP contribution in [0.3, 0.4) is 0 Å². The minimum atomic E-state index is -4.70. The highest BCUT2D eigenvalue weighted by molar-refractivity contribution is 5.81. The molecule has 1 saturated heterocycles. The van der Waals surface area contributed by atoms with Crippen LogP contribution in [-0.2, 0) is 16.0 Å². The third-order valence-electron chi connectivity index (χ3n) is 3.91. The smallest absolute Gasteiger partial charge is 0.394 e. The number of nitro benzene ring substituents is 1. The Hall–Kier alpha value is -2.65. The number of benzene rings is 1. The van der Waals surface area contributed by atoms with Crippen molar-refractivity contribution in [2.45, 2.75) is 12.6 Å². The van der Waals surface area contributed by atoms with Gasteiger partial charge in [-0.15, -0.1) is 0 Å². The standard InChI is InChI=1S/C14H13F3N2O5/c15-14(16,17)11-7-18(6-10(11)13(21)22)12(20)5-8-1-3-9(4-2-8)19(23)24/h1-4,10-11H,5-7H2,(H,21,22)/t10-,11-/m1/s1. The van der Waals surface area contributed by atoms with Crippen molar-refractivity contribution < 1.29 is 32.8 Å². The maximum absolute atomic E-state index is 12.9. The summed E-state index contributed by atoms with van der Waals surface area (Å²) in [5.74, 6) is -6.04. The molecular weight excluding hydrogens is 333 g/mol. The zero-order valence-corrected chi connectivity index (χ0v) is 12.2. The van der Waals surface area contributed by atoms with E-state index in [0.29, 0.717) is 5.56 Å². The first kappa shape index (κ1) is 17.7. The Balaban J connectivity index is 2.07. The summed E-state index contributed by atoms with van der Waals surface area (Å²) in [6.45, 7) is -1.21. The number of halogens is 3. The summed E-state index contributed by atoms with van der Waals surface area (Å²) in [5.41, 5.74) is 0.225. The molecule has 0 spiro atoms. The van der Waals surface area contributed by atoms with Crippen molar-refractivity contribution in [1.82, 2.24) is 4.90 Å². The first-order valence-corrected chi connectivity index (χ1v) is 6.90. The topological polar surface area (TPSA) is 101 Å². The molecule has 0 saturated carbocycles. The molecule has 0 bridgehead atoms. The summed E-state index contributed by atoms with van der Waals surface area (Å²) in [7, 11) is 0. The fraction of sp³-hybridized carbons (Fsp3) is 0.429. The van der Waals surface area contributed by atoms with E-state index >= 15 is 0 Å². The zero-order valence-electron chi connectivity index (χ0n) is 12.2. The number of non-ortho nitro benzene ring substituents is 1. The van der Waals surface area contributed by atoms with E-state index in [1.165, 1.54) is 24.3 Å². The summed E-state index contributed by atoms with van der Waals surface area (Å²) < 4.78 is 38.7. The molecule has 1 fully saturated rings. The van der Waals surface area contributed by atoms with Crippen molar-refractivity contribution in [2.75, 3.05) is 13.1 Å². The molecule has 1 N–H and O–H groups in total. The van der Waals surface area contributed by atoms with Crippen LogP contribution in [0, 0.1) is 22.0 Å². The molecule has 10 heteroatoms. The fourth-order valence-electron chi connectivity index (χ4n) is 2.61. The third kappa shape index (κ3) is 3.81. The van der Waals surface area contributed by atoms with Crippen LogP contribution in [-0.4, -0.2) is 46.1 Å². The number of hydrogen-bond acceptors (Lipinski definition) is 4. The van der Waals surface area contributed by atoms with Gasteiger partial charge in [-0.3, -0.25) is 19.7 Å². The molecule has 0 aromatic heterocycles. The van der Waals surface area contributed by atoms with E-state index < -0.39 is 47.9 Å². The minimum Gasteiger partial charge on any atom is -0.481 e. The summed E-state index contributed by atoms with van der Waals surface area (Å²) >= 11 is 0. The van der Waals surface area contributed by atoms with Crippen LogP contribution in [0.25, 0.3) is 0 Å². The minimum absolute atomic E-state index is 0.171. The number of carboxylic acids is 1. The Bertz CT molecular complexity index is 659. The van der Waals surface area contributed by atoms with E-state index in [4.69, 9.17) is 5.11 Å². The molecule has 1 aliphatic heterocycles. The van der Waals surface area contributed by atoms with Crippen LogP contribution < -0.4 is 0 Å². The van der Waals surface area contributed by atoms with Gasteiger partial charge in [0.05, 0.1) is 23.2 Å². The Labute approximate surface area is 133 Å². The average Bonchev–Trinajstić information content (AvgIpc) is 2.93. The maximum atomic E-state index is 12.9. The van der Waals surface area contributed by atoms with E-state index in [1.807, 2.05) is 0 Å². The maximum Gasteiger partial charge on any atom is 0.394 e. The van der Waals surface area contributed by atoms with Crippen LogP contribution in [0.4, 0.5) is 18.9 Å². The number of carbonyl (C=O) groups is 2. The Morgan fingerprint density at radius 3 is 2.25 bits per heavy atom. The normalized spacial score (nSPS) is 20.9. The molecule has 1 heterocycles. The molecule has 2 rings (SSSR count). The van der Waals surface area contributed by atoms with Gasteiger partial charge in [-0.2, -0.15) is 13.2 Å². The van der Waals surface area contributed by atoms with Crippen LogP contribution in [0.1, 0.15) is 5.56 Å². The van der Waals surface area contributed by atoms with Crippen molar-refractivity contribution >= 4 is 17.6 Å². The predicted molar refractivity (Wildman–Crippen MR) is 74.1 cm³/mol. The summed E-state index contributed by atoms with van der Waals surface area (Å²) in [6, 6.07) is 5.04. The van der Waals surface area contributed by atoms with Gasteiger partial charge in [0, 0.05) is 25.2 Å². The molecule has 0 aliphatic carbocycles. The molecule has 1 amide bonds. The molecule has 130 valence electrons. The summed E-state index contributed by atoms with van der Waals surface area (Å²) in [5, 5.41) is 19.5. The monoisotopic (exact) mass is 346 g/mol. The van der Waals surface area contributed by atoms with Gasteiger partial charge < -0.3 is 10.0 Å². The molecule has 1 aliphatic rings. The lowest BCUT2D eigenvalue weighted by Crippen LogP contribution is -2.34. The highest BCUT2D eigenvalue weighted by Gasteiger charge is 2.53. The SMILES string of the molecule is O=C(O)[C@@H]1CN(C(=O)Cc2ccc([N+](=O)[O-])cc2)C[C@H]1C(F)(F)F. The van der Waals surface area contributed by atoms with Crippen molar-refractivity contribution in [1.29, 1.82) is 0 Å². The number of carboxylic acid groups (broad SMARTS) is 1. The lowest BCUT2D eigenvalue weighted by Gasteiger charge is -2.18. The highest BCUT2D eigenvalue weighted by atomic mass is 19.4. The van der Waals surface area contributed by atoms with Gasteiger partial charge in [-0.25, -0.2) is 0 Å². The van der Waals surface area contributed by atoms with Crippen LogP contribution in [0.15, 0.2) is 24.3 Å². The number of aliphatic carboxylic acids is 1. The number of alkyl halides is 3. The molecule has 1 aromatic rings. The van der Waals surface area contributed by atoms with E-state index in [1.54, 1.807) is 0 Å². The first-order chi connectivity index (χ1) is 11.1. The quantitative estimate of drug-likeness (QED) is 0.662. The van der Waals surface area contributed by atoms with E-state index in [2.05, 4.69) is 0 Å². The largest absolute Gasteiger partial charge is 0.481 e. The second-order valence-electron chi connectivity index (χ2n) is 5.49. The van der Waals surface area contributed by atoms with Gasteiger partial charge in [-0.1, -0.05) is 12.1 Å². The number of nitro groups is 1. The highest BCUT2D eigenvalue weighted by Crippen LogP contribution is 2.37. The lowest BCUT2D eigenvalue weighted by molar-refractivity contribution is -0.384. The predicted octanol–water partition coefficient (Wildman–Crippen LogP) is 1.86. The lowest BCUT2D eigenvalue weighted by atomic mass is 9.96. The Morgan fingerprint density at radius 2 is 1.83 bits per heavy atom. The number of rotatable bonds is 4. The number of amides is 1. The molecule has 2 atom stereocenters. The van der Waals surface area contributed by atoms with E-state index in [9.17, 15) is 32.9 Å². The second kappa shape index (κ2) is 6.46. The number of carbonyl (C=O) groups excluding carboxylic acids is 1. The van der Waals surface area contributed by atoms with Crippen molar-refractivity contribution in [3.63, 3.8) is 0 Å².